The fraction of sp³-hybridized carbons (Fsp3) is 0.417. The molecule has 0 bridgehead atoms. The van der Waals surface area contributed by atoms with Crippen molar-refractivity contribution in [1.29, 1.82) is 0 Å². The topological polar surface area (TPSA) is 68.0 Å². The maximum absolute atomic E-state index is 11.1. The summed E-state index contributed by atoms with van der Waals surface area (Å²) in [6.45, 7) is 5.65. The van der Waals surface area contributed by atoms with Gasteiger partial charge in [-0.2, -0.15) is 0 Å². The predicted molar refractivity (Wildman–Crippen MR) is 64.0 cm³/mol. The van der Waals surface area contributed by atoms with Gasteiger partial charge >= 0.3 is 5.97 Å². The molecule has 0 fully saturated rings. The van der Waals surface area contributed by atoms with Gasteiger partial charge in [-0.15, -0.1) is 0 Å². The molecule has 2 aromatic heterocycles. The quantitative estimate of drug-likeness (QED) is 0.882. The molecule has 0 aromatic carbocycles. The van der Waals surface area contributed by atoms with Crippen molar-refractivity contribution >= 4 is 17.1 Å². The van der Waals surface area contributed by atoms with E-state index in [4.69, 9.17) is 5.11 Å². The number of pyridine rings is 1. The van der Waals surface area contributed by atoms with Crippen LogP contribution in [-0.4, -0.2) is 25.6 Å². The fourth-order valence-corrected chi connectivity index (χ4v) is 1.91. The Morgan fingerprint density at radius 3 is 2.71 bits per heavy atom. The lowest BCUT2D eigenvalue weighted by Crippen LogP contribution is -2.15. The number of fused-ring (bicyclic) bond motifs is 1. The van der Waals surface area contributed by atoms with Crippen molar-refractivity contribution in [3.8, 4) is 0 Å². The maximum Gasteiger partial charge on any atom is 0.313 e. The zero-order chi connectivity index (χ0) is 12.6. The van der Waals surface area contributed by atoms with Crippen LogP contribution in [0.2, 0.25) is 0 Å². The molecule has 5 nitrogen and oxygen atoms in total. The molecule has 0 saturated carbocycles. The number of hydrogen-bond donors (Lipinski definition) is 1. The van der Waals surface area contributed by atoms with Crippen LogP contribution in [0.25, 0.3) is 11.2 Å². The van der Waals surface area contributed by atoms with Gasteiger partial charge in [0.25, 0.3) is 0 Å². The lowest BCUT2D eigenvalue weighted by Gasteiger charge is -2.14. The Bertz CT molecular complexity index is 560. The van der Waals surface area contributed by atoms with Crippen LogP contribution in [0.3, 0.4) is 0 Å². The second-order valence-corrected chi connectivity index (χ2v) is 4.34. The number of carboxylic acid groups (broad SMARTS) is 1. The SMILES string of the molecule is CC(C(=O)O)c1nc2ncccc2n1C(C)C. The van der Waals surface area contributed by atoms with Crippen LogP contribution in [0.15, 0.2) is 18.3 Å². The number of rotatable bonds is 3. The summed E-state index contributed by atoms with van der Waals surface area (Å²) in [7, 11) is 0. The maximum atomic E-state index is 11.1. The Labute approximate surface area is 99.1 Å². The minimum atomic E-state index is -0.873. The third-order valence-corrected chi connectivity index (χ3v) is 2.77. The molecule has 1 atom stereocenters. The third-order valence-electron chi connectivity index (χ3n) is 2.77. The highest BCUT2D eigenvalue weighted by atomic mass is 16.4. The Kier molecular flexibility index (Phi) is 2.83. The van der Waals surface area contributed by atoms with Crippen LogP contribution in [0.5, 0.6) is 0 Å². The van der Waals surface area contributed by atoms with Gasteiger partial charge in [0.2, 0.25) is 0 Å². The number of aliphatic carboxylic acids is 1. The normalized spacial score (nSPS) is 13.2. The van der Waals surface area contributed by atoms with Crippen molar-refractivity contribution in [3.63, 3.8) is 0 Å². The van der Waals surface area contributed by atoms with Gasteiger partial charge in [-0.1, -0.05) is 0 Å². The molecule has 1 N–H and O–H groups in total. The standard InChI is InChI=1S/C12H15N3O2/c1-7(2)15-9-5-4-6-13-10(9)14-11(15)8(3)12(16)17/h4-8H,1-3H3,(H,16,17). The number of aromatic nitrogens is 3. The minimum absolute atomic E-state index is 0.154. The molecule has 0 saturated heterocycles. The van der Waals surface area contributed by atoms with Crippen LogP contribution in [0.4, 0.5) is 0 Å². The number of carboxylic acids is 1. The van der Waals surface area contributed by atoms with Gasteiger partial charge in [-0.3, -0.25) is 4.79 Å². The molecule has 5 heteroatoms. The van der Waals surface area contributed by atoms with Crippen LogP contribution < -0.4 is 0 Å². The molecule has 0 aliphatic heterocycles. The van der Waals surface area contributed by atoms with Crippen LogP contribution in [-0.2, 0) is 4.79 Å². The van der Waals surface area contributed by atoms with Gasteiger partial charge in [0.1, 0.15) is 11.7 Å². The lowest BCUT2D eigenvalue weighted by molar-refractivity contribution is -0.138. The molecule has 0 aliphatic carbocycles. The van der Waals surface area contributed by atoms with Crippen LogP contribution in [0.1, 0.15) is 38.6 Å². The van der Waals surface area contributed by atoms with Gasteiger partial charge < -0.3 is 9.67 Å². The zero-order valence-electron chi connectivity index (χ0n) is 10.1. The summed E-state index contributed by atoms with van der Waals surface area (Å²) in [5.41, 5.74) is 1.48. The van der Waals surface area contributed by atoms with E-state index in [2.05, 4.69) is 9.97 Å². The zero-order valence-corrected chi connectivity index (χ0v) is 10.1. The van der Waals surface area contributed by atoms with E-state index in [0.29, 0.717) is 11.5 Å². The summed E-state index contributed by atoms with van der Waals surface area (Å²) in [6.07, 6.45) is 1.66. The van der Waals surface area contributed by atoms with Crippen molar-refractivity contribution in [2.24, 2.45) is 0 Å². The molecule has 2 heterocycles. The monoisotopic (exact) mass is 233 g/mol. The van der Waals surface area contributed by atoms with E-state index in [-0.39, 0.29) is 6.04 Å². The summed E-state index contributed by atoms with van der Waals surface area (Å²) in [5.74, 6) is -0.949. The van der Waals surface area contributed by atoms with Gasteiger partial charge in [0.05, 0.1) is 5.52 Å². The molecule has 0 aliphatic rings. The van der Waals surface area contributed by atoms with Crippen molar-refractivity contribution < 1.29 is 9.90 Å². The van der Waals surface area contributed by atoms with Gasteiger partial charge in [-0.25, -0.2) is 9.97 Å². The predicted octanol–water partition coefficient (Wildman–Crippen LogP) is 2.20. The molecule has 1 unspecified atom stereocenters. The fourth-order valence-electron chi connectivity index (χ4n) is 1.91. The Hall–Kier alpha value is -1.91. The van der Waals surface area contributed by atoms with E-state index < -0.39 is 11.9 Å². The van der Waals surface area contributed by atoms with Crippen LogP contribution in [0, 0.1) is 0 Å². The average molecular weight is 233 g/mol. The number of carbonyl (C=O) groups is 1. The van der Waals surface area contributed by atoms with Crippen LogP contribution >= 0.6 is 0 Å². The van der Waals surface area contributed by atoms with Crippen molar-refractivity contribution in [2.75, 3.05) is 0 Å². The molecule has 0 radical (unpaired) electrons. The molecule has 0 spiro atoms. The highest BCUT2D eigenvalue weighted by Crippen LogP contribution is 2.24. The van der Waals surface area contributed by atoms with Gasteiger partial charge in [0.15, 0.2) is 5.65 Å². The first-order valence-electron chi connectivity index (χ1n) is 5.58. The Morgan fingerprint density at radius 1 is 1.41 bits per heavy atom. The van der Waals surface area contributed by atoms with Crippen molar-refractivity contribution in [3.05, 3.63) is 24.2 Å². The molecular weight excluding hydrogens is 218 g/mol. The van der Waals surface area contributed by atoms with E-state index in [1.165, 1.54) is 0 Å². The molecule has 2 aromatic rings. The highest BCUT2D eigenvalue weighted by Gasteiger charge is 2.23. The largest absolute Gasteiger partial charge is 0.481 e. The smallest absolute Gasteiger partial charge is 0.313 e. The number of nitrogens with zero attached hydrogens (tertiary/aromatic N) is 3. The average Bonchev–Trinajstić information content (AvgIpc) is 2.66. The second kappa shape index (κ2) is 4.16. The van der Waals surface area contributed by atoms with E-state index in [9.17, 15) is 4.79 Å². The summed E-state index contributed by atoms with van der Waals surface area (Å²) >= 11 is 0. The Morgan fingerprint density at radius 2 is 2.12 bits per heavy atom. The molecule has 2 rings (SSSR count). The number of hydrogen-bond acceptors (Lipinski definition) is 3. The number of imidazole rings is 1. The first-order valence-corrected chi connectivity index (χ1v) is 5.58. The second-order valence-electron chi connectivity index (χ2n) is 4.34. The first-order chi connectivity index (χ1) is 8.02. The van der Waals surface area contributed by atoms with E-state index >= 15 is 0 Å². The van der Waals surface area contributed by atoms with E-state index in [1.54, 1.807) is 13.1 Å². The minimum Gasteiger partial charge on any atom is -0.481 e. The van der Waals surface area contributed by atoms with Crippen molar-refractivity contribution in [1.82, 2.24) is 14.5 Å². The summed E-state index contributed by atoms with van der Waals surface area (Å²) in [4.78, 5) is 19.6. The first kappa shape index (κ1) is 11.6. The third kappa shape index (κ3) is 1.88. The molecular formula is C12H15N3O2. The summed E-state index contributed by atoms with van der Waals surface area (Å²) in [6, 6.07) is 3.90. The van der Waals surface area contributed by atoms with E-state index in [0.717, 1.165) is 5.52 Å². The summed E-state index contributed by atoms with van der Waals surface area (Å²) in [5, 5.41) is 9.09. The van der Waals surface area contributed by atoms with Crippen molar-refractivity contribution in [2.45, 2.75) is 32.7 Å². The van der Waals surface area contributed by atoms with Gasteiger partial charge in [0, 0.05) is 12.2 Å². The van der Waals surface area contributed by atoms with Gasteiger partial charge in [-0.05, 0) is 32.9 Å². The molecule has 0 amide bonds. The molecule has 90 valence electrons. The molecule has 17 heavy (non-hydrogen) atoms. The highest BCUT2D eigenvalue weighted by molar-refractivity contribution is 5.78. The Balaban J connectivity index is 2.70. The summed E-state index contributed by atoms with van der Waals surface area (Å²) < 4.78 is 1.93. The lowest BCUT2D eigenvalue weighted by atomic mass is 10.1. The van der Waals surface area contributed by atoms with E-state index in [1.807, 2.05) is 30.5 Å².